The van der Waals surface area contributed by atoms with Gasteiger partial charge in [0.2, 0.25) is 5.91 Å². The lowest BCUT2D eigenvalue weighted by Crippen LogP contribution is -2.33. The predicted octanol–water partition coefficient (Wildman–Crippen LogP) is 3.17. The molecule has 0 spiro atoms. The molecule has 0 bridgehead atoms. The monoisotopic (exact) mass is 308 g/mol. The second-order valence-corrected chi connectivity index (χ2v) is 6.59. The fourth-order valence-electron chi connectivity index (χ4n) is 1.71. The molecule has 0 aliphatic heterocycles. The van der Waals surface area contributed by atoms with E-state index in [-0.39, 0.29) is 23.1 Å². The summed E-state index contributed by atoms with van der Waals surface area (Å²) in [4.78, 5) is 26.1. The van der Waals surface area contributed by atoms with E-state index in [2.05, 4.69) is 5.32 Å². The fourth-order valence-corrected chi connectivity index (χ4v) is 1.98. The highest BCUT2D eigenvalue weighted by atomic mass is 32.2. The average Bonchev–Trinajstić information content (AvgIpc) is 2.46. The Morgan fingerprint density at radius 1 is 1.24 bits per heavy atom. The summed E-state index contributed by atoms with van der Waals surface area (Å²) in [5.41, 5.74) is 2.19. The molecule has 0 radical (unpaired) electrons. The van der Waals surface area contributed by atoms with E-state index >= 15 is 0 Å². The third-order valence-electron chi connectivity index (χ3n) is 3.55. The Morgan fingerprint density at radius 2 is 1.86 bits per heavy atom. The van der Waals surface area contributed by atoms with Crippen molar-refractivity contribution in [3.63, 3.8) is 0 Å². The van der Waals surface area contributed by atoms with Crippen molar-refractivity contribution in [2.75, 3.05) is 18.6 Å². The molecular formula is C16H24N2O2S. The molecule has 2 amide bonds. The van der Waals surface area contributed by atoms with Crippen LogP contribution in [0.4, 0.5) is 5.69 Å². The number of carbonyl (C=O) groups is 2. The van der Waals surface area contributed by atoms with Crippen LogP contribution in [0.25, 0.3) is 0 Å². The van der Waals surface area contributed by atoms with Crippen LogP contribution in [0.3, 0.4) is 0 Å². The first-order valence-electron chi connectivity index (χ1n) is 6.99. The van der Waals surface area contributed by atoms with Crippen LogP contribution in [-0.2, 0) is 4.79 Å². The summed E-state index contributed by atoms with van der Waals surface area (Å²) in [6.07, 6.45) is 1.89. The van der Waals surface area contributed by atoms with Crippen molar-refractivity contribution in [3.05, 3.63) is 29.3 Å². The summed E-state index contributed by atoms with van der Waals surface area (Å²) in [6, 6.07) is 5.57. The maximum atomic E-state index is 12.4. The van der Waals surface area contributed by atoms with E-state index in [0.717, 1.165) is 5.56 Å². The van der Waals surface area contributed by atoms with Gasteiger partial charge in [0.25, 0.3) is 5.91 Å². The standard InChI is InChI=1S/C16H24N2O2S/c1-10(2)18(5)16(20)14-9-13(8-7-11(14)3)17-15(19)12(4)21-6/h7-10,12H,1-6H3,(H,17,19)/t12-/m0/s1. The molecule has 4 nitrogen and oxygen atoms in total. The molecule has 1 atom stereocenters. The molecule has 1 N–H and O–H groups in total. The second-order valence-electron chi connectivity index (χ2n) is 5.41. The van der Waals surface area contributed by atoms with Gasteiger partial charge in [-0.25, -0.2) is 0 Å². The van der Waals surface area contributed by atoms with Gasteiger partial charge in [0, 0.05) is 24.3 Å². The number of thioether (sulfide) groups is 1. The van der Waals surface area contributed by atoms with Gasteiger partial charge in [-0.05, 0) is 51.6 Å². The highest BCUT2D eigenvalue weighted by Crippen LogP contribution is 2.19. The topological polar surface area (TPSA) is 49.4 Å². The first kappa shape index (κ1) is 17.6. The van der Waals surface area contributed by atoms with Crippen molar-refractivity contribution >= 4 is 29.3 Å². The fraction of sp³-hybridized carbons (Fsp3) is 0.500. The van der Waals surface area contributed by atoms with Crippen molar-refractivity contribution < 1.29 is 9.59 Å². The lowest BCUT2D eigenvalue weighted by molar-refractivity contribution is -0.115. The van der Waals surface area contributed by atoms with Gasteiger partial charge < -0.3 is 10.2 Å². The van der Waals surface area contributed by atoms with Crippen LogP contribution in [0.1, 0.15) is 36.7 Å². The molecule has 116 valence electrons. The Kier molecular flexibility index (Phi) is 6.27. The quantitative estimate of drug-likeness (QED) is 0.909. The zero-order valence-corrected chi connectivity index (χ0v) is 14.4. The summed E-state index contributed by atoms with van der Waals surface area (Å²) in [6.45, 7) is 7.70. The van der Waals surface area contributed by atoms with Crippen LogP contribution < -0.4 is 5.32 Å². The minimum atomic E-state index is -0.121. The van der Waals surface area contributed by atoms with E-state index in [1.807, 2.05) is 46.1 Å². The maximum absolute atomic E-state index is 12.4. The van der Waals surface area contributed by atoms with Gasteiger partial charge in [0.15, 0.2) is 0 Å². The molecule has 0 aliphatic rings. The van der Waals surface area contributed by atoms with Crippen LogP contribution in [0.15, 0.2) is 18.2 Å². The normalized spacial score (nSPS) is 12.1. The summed E-state index contributed by atoms with van der Waals surface area (Å²) >= 11 is 1.49. The van der Waals surface area contributed by atoms with E-state index < -0.39 is 0 Å². The van der Waals surface area contributed by atoms with E-state index in [9.17, 15) is 9.59 Å². The number of nitrogens with one attached hydrogen (secondary N) is 1. The molecule has 0 fully saturated rings. The molecule has 1 aromatic rings. The third kappa shape index (κ3) is 4.49. The molecule has 0 saturated heterocycles. The van der Waals surface area contributed by atoms with E-state index in [1.54, 1.807) is 18.0 Å². The van der Waals surface area contributed by atoms with Gasteiger partial charge in [-0.15, -0.1) is 0 Å². The number of amides is 2. The number of nitrogens with zero attached hydrogens (tertiary/aromatic N) is 1. The van der Waals surface area contributed by atoms with E-state index in [1.165, 1.54) is 11.8 Å². The van der Waals surface area contributed by atoms with E-state index in [4.69, 9.17) is 0 Å². The van der Waals surface area contributed by atoms with Crippen LogP contribution in [-0.4, -0.2) is 41.3 Å². The van der Waals surface area contributed by atoms with Gasteiger partial charge >= 0.3 is 0 Å². The third-order valence-corrected chi connectivity index (χ3v) is 4.47. The van der Waals surface area contributed by atoms with Gasteiger partial charge in [0.1, 0.15) is 0 Å². The van der Waals surface area contributed by atoms with Gasteiger partial charge in [-0.1, -0.05) is 6.07 Å². The number of anilines is 1. The summed E-state index contributed by atoms with van der Waals surface area (Å²) in [7, 11) is 1.79. The van der Waals surface area contributed by atoms with Crippen molar-refractivity contribution in [2.24, 2.45) is 0 Å². The summed E-state index contributed by atoms with van der Waals surface area (Å²) in [5.74, 6) is -0.0847. The molecule has 1 rings (SSSR count). The van der Waals surface area contributed by atoms with Crippen LogP contribution in [0.5, 0.6) is 0 Å². The Balaban J connectivity index is 3.00. The average molecular weight is 308 g/mol. The highest BCUT2D eigenvalue weighted by Gasteiger charge is 2.18. The minimum Gasteiger partial charge on any atom is -0.339 e. The molecule has 0 aliphatic carbocycles. The van der Waals surface area contributed by atoms with Crippen molar-refractivity contribution in [1.82, 2.24) is 4.90 Å². The Labute approximate surface area is 131 Å². The molecule has 0 aromatic heterocycles. The zero-order chi connectivity index (χ0) is 16.2. The summed E-state index contributed by atoms with van der Waals surface area (Å²) < 4.78 is 0. The molecule has 5 heteroatoms. The van der Waals surface area contributed by atoms with Crippen molar-refractivity contribution in [3.8, 4) is 0 Å². The lowest BCUT2D eigenvalue weighted by atomic mass is 10.1. The maximum Gasteiger partial charge on any atom is 0.254 e. The molecule has 0 unspecified atom stereocenters. The number of hydrogen-bond donors (Lipinski definition) is 1. The first-order chi connectivity index (χ1) is 9.77. The van der Waals surface area contributed by atoms with Gasteiger partial charge in [-0.2, -0.15) is 11.8 Å². The van der Waals surface area contributed by atoms with Gasteiger partial charge in [-0.3, -0.25) is 9.59 Å². The van der Waals surface area contributed by atoms with Crippen LogP contribution >= 0.6 is 11.8 Å². The number of benzene rings is 1. The first-order valence-corrected chi connectivity index (χ1v) is 8.28. The second kappa shape index (κ2) is 7.50. The Bertz CT molecular complexity index is 529. The number of carbonyl (C=O) groups excluding carboxylic acids is 2. The SMILES string of the molecule is CS[C@@H](C)C(=O)Nc1ccc(C)c(C(=O)N(C)C(C)C)c1. The van der Waals surface area contributed by atoms with E-state index in [0.29, 0.717) is 11.3 Å². The molecular weight excluding hydrogens is 284 g/mol. The molecule has 21 heavy (non-hydrogen) atoms. The predicted molar refractivity (Wildman–Crippen MR) is 90.0 cm³/mol. The number of aryl methyl sites for hydroxylation is 1. The Hall–Kier alpha value is -1.49. The highest BCUT2D eigenvalue weighted by molar-refractivity contribution is 7.99. The largest absolute Gasteiger partial charge is 0.339 e. The van der Waals surface area contributed by atoms with Crippen LogP contribution in [0.2, 0.25) is 0 Å². The smallest absolute Gasteiger partial charge is 0.254 e. The van der Waals surface area contributed by atoms with Crippen LogP contribution in [0, 0.1) is 6.92 Å². The number of hydrogen-bond acceptors (Lipinski definition) is 3. The minimum absolute atomic E-state index is 0.0310. The lowest BCUT2D eigenvalue weighted by Gasteiger charge is -2.22. The van der Waals surface area contributed by atoms with Crippen molar-refractivity contribution in [2.45, 2.75) is 39.0 Å². The van der Waals surface area contributed by atoms with Gasteiger partial charge in [0.05, 0.1) is 5.25 Å². The Morgan fingerprint density at radius 3 is 2.38 bits per heavy atom. The zero-order valence-electron chi connectivity index (χ0n) is 13.6. The molecule has 0 saturated carbocycles. The molecule has 0 heterocycles. The molecule has 1 aromatic carbocycles. The number of rotatable bonds is 5. The summed E-state index contributed by atoms with van der Waals surface area (Å²) in [5, 5.41) is 2.73. The van der Waals surface area contributed by atoms with Crippen molar-refractivity contribution in [1.29, 1.82) is 0 Å².